The van der Waals surface area contributed by atoms with Crippen molar-refractivity contribution in [2.24, 2.45) is 0 Å². The van der Waals surface area contributed by atoms with Crippen LogP contribution in [0.5, 0.6) is 11.5 Å². The highest BCUT2D eigenvalue weighted by Crippen LogP contribution is 2.34. The van der Waals surface area contributed by atoms with E-state index >= 15 is 0 Å². The van der Waals surface area contributed by atoms with Gasteiger partial charge in [0.05, 0.1) is 32.4 Å². The molecule has 0 bridgehead atoms. The van der Waals surface area contributed by atoms with Gasteiger partial charge in [0.2, 0.25) is 11.8 Å². The first-order valence-corrected chi connectivity index (χ1v) is 8.61. The van der Waals surface area contributed by atoms with Gasteiger partial charge in [0.25, 0.3) is 0 Å². The summed E-state index contributed by atoms with van der Waals surface area (Å²) in [5.74, 6) is 0.828. The first-order chi connectivity index (χ1) is 13.0. The molecule has 140 valence electrons. The van der Waals surface area contributed by atoms with Crippen LogP contribution in [-0.2, 0) is 9.59 Å². The van der Waals surface area contributed by atoms with Crippen molar-refractivity contribution in [1.29, 1.82) is 0 Å². The summed E-state index contributed by atoms with van der Waals surface area (Å²) < 4.78 is 10.5. The smallest absolute Gasteiger partial charge is 0.226 e. The van der Waals surface area contributed by atoms with Crippen molar-refractivity contribution in [3.05, 3.63) is 59.8 Å². The molecule has 2 amide bonds. The summed E-state index contributed by atoms with van der Waals surface area (Å²) in [5.41, 5.74) is 2.51. The van der Waals surface area contributed by atoms with E-state index in [-0.39, 0.29) is 24.3 Å². The summed E-state index contributed by atoms with van der Waals surface area (Å²) in [5, 5.41) is 2.87. The maximum Gasteiger partial charge on any atom is 0.226 e. The Hall–Kier alpha value is -3.28. The standard InChI is InChI=1S/C21H22N2O4/c1-14(24)23-11-10-15-6-4-5-7-17(15)19(23)13-21(25)22-18-9-8-16(26-2)12-20(18)27-3/h4-12,19H,13H2,1-3H3,(H,22,25)/t19-/m0/s1. The minimum atomic E-state index is -0.354. The van der Waals surface area contributed by atoms with Crippen LogP contribution in [0.15, 0.2) is 48.7 Å². The second-order valence-electron chi connectivity index (χ2n) is 6.21. The van der Waals surface area contributed by atoms with Crippen LogP contribution in [-0.4, -0.2) is 30.9 Å². The molecule has 0 aromatic heterocycles. The number of nitrogens with zero attached hydrogens (tertiary/aromatic N) is 1. The molecule has 2 aromatic carbocycles. The first-order valence-electron chi connectivity index (χ1n) is 8.61. The monoisotopic (exact) mass is 366 g/mol. The van der Waals surface area contributed by atoms with E-state index in [1.54, 1.807) is 36.4 Å². The Bertz CT molecular complexity index is 892. The van der Waals surface area contributed by atoms with Gasteiger partial charge in [0.1, 0.15) is 11.5 Å². The van der Waals surface area contributed by atoms with Crippen molar-refractivity contribution in [3.8, 4) is 11.5 Å². The fourth-order valence-electron chi connectivity index (χ4n) is 3.19. The van der Waals surface area contributed by atoms with Crippen molar-refractivity contribution < 1.29 is 19.1 Å². The van der Waals surface area contributed by atoms with E-state index in [1.165, 1.54) is 14.0 Å². The third-order valence-electron chi connectivity index (χ3n) is 4.53. The van der Waals surface area contributed by atoms with Gasteiger partial charge in [-0.25, -0.2) is 0 Å². The Morgan fingerprint density at radius 1 is 1.11 bits per heavy atom. The van der Waals surface area contributed by atoms with Crippen LogP contribution >= 0.6 is 0 Å². The third kappa shape index (κ3) is 3.95. The minimum absolute atomic E-state index is 0.111. The number of anilines is 1. The Morgan fingerprint density at radius 3 is 2.59 bits per heavy atom. The number of amides is 2. The normalized spacial score (nSPS) is 15.1. The molecule has 1 atom stereocenters. The van der Waals surface area contributed by atoms with Crippen LogP contribution in [0.4, 0.5) is 5.69 Å². The van der Waals surface area contributed by atoms with E-state index in [2.05, 4.69) is 5.32 Å². The second-order valence-corrected chi connectivity index (χ2v) is 6.21. The largest absolute Gasteiger partial charge is 0.497 e. The molecule has 3 rings (SSSR count). The van der Waals surface area contributed by atoms with E-state index in [9.17, 15) is 9.59 Å². The molecule has 6 nitrogen and oxygen atoms in total. The molecule has 0 saturated carbocycles. The summed E-state index contributed by atoms with van der Waals surface area (Å²) in [6, 6.07) is 12.6. The number of ether oxygens (including phenoxy) is 2. The number of methoxy groups -OCH3 is 2. The lowest BCUT2D eigenvalue weighted by Crippen LogP contribution is -2.33. The molecular weight excluding hydrogens is 344 g/mol. The molecule has 27 heavy (non-hydrogen) atoms. The summed E-state index contributed by atoms with van der Waals surface area (Å²) >= 11 is 0. The van der Waals surface area contributed by atoms with Crippen LogP contribution in [0.3, 0.4) is 0 Å². The number of rotatable bonds is 5. The summed E-state index contributed by atoms with van der Waals surface area (Å²) in [7, 11) is 3.10. The van der Waals surface area contributed by atoms with Crippen molar-refractivity contribution >= 4 is 23.6 Å². The fourth-order valence-corrected chi connectivity index (χ4v) is 3.19. The zero-order valence-electron chi connectivity index (χ0n) is 15.6. The van der Waals surface area contributed by atoms with Crippen LogP contribution in [0.2, 0.25) is 0 Å². The van der Waals surface area contributed by atoms with E-state index < -0.39 is 0 Å². The molecule has 6 heteroatoms. The topological polar surface area (TPSA) is 67.9 Å². The van der Waals surface area contributed by atoms with Gasteiger partial charge < -0.3 is 19.7 Å². The minimum Gasteiger partial charge on any atom is -0.497 e. The van der Waals surface area contributed by atoms with Gasteiger partial charge in [-0.2, -0.15) is 0 Å². The molecule has 0 saturated heterocycles. The number of benzene rings is 2. The van der Waals surface area contributed by atoms with Crippen LogP contribution in [0, 0.1) is 0 Å². The average molecular weight is 366 g/mol. The number of carbonyl (C=O) groups excluding carboxylic acids is 2. The first kappa shape index (κ1) is 18.5. The van der Waals surface area contributed by atoms with Gasteiger partial charge in [0, 0.05) is 19.2 Å². The number of carbonyl (C=O) groups is 2. The van der Waals surface area contributed by atoms with Gasteiger partial charge in [-0.3, -0.25) is 9.59 Å². The summed E-state index contributed by atoms with van der Waals surface area (Å²) in [6.45, 7) is 1.50. The summed E-state index contributed by atoms with van der Waals surface area (Å²) in [6.07, 6.45) is 3.75. The predicted molar refractivity (Wildman–Crippen MR) is 104 cm³/mol. The molecule has 0 radical (unpaired) electrons. The molecule has 1 N–H and O–H groups in total. The average Bonchev–Trinajstić information content (AvgIpc) is 2.68. The maximum atomic E-state index is 12.7. The van der Waals surface area contributed by atoms with Crippen molar-refractivity contribution in [3.63, 3.8) is 0 Å². The lowest BCUT2D eigenvalue weighted by atomic mass is 9.93. The molecule has 1 heterocycles. The van der Waals surface area contributed by atoms with Crippen molar-refractivity contribution in [2.75, 3.05) is 19.5 Å². The molecule has 1 aliphatic rings. The highest BCUT2D eigenvalue weighted by molar-refractivity contribution is 5.93. The molecular formula is C21H22N2O4. The number of hydrogen-bond acceptors (Lipinski definition) is 4. The number of fused-ring (bicyclic) bond motifs is 1. The molecule has 0 fully saturated rings. The second kappa shape index (κ2) is 7.95. The zero-order valence-corrected chi connectivity index (χ0v) is 15.6. The summed E-state index contributed by atoms with van der Waals surface area (Å²) in [4.78, 5) is 26.4. The predicted octanol–water partition coefficient (Wildman–Crippen LogP) is 3.61. The molecule has 1 aliphatic heterocycles. The van der Waals surface area contributed by atoms with Gasteiger partial charge in [-0.1, -0.05) is 24.3 Å². The van der Waals surface area contributed by atoms with E-state index in [1.807, 2.05) is 30.3 Å². The fraction of sp³-hybridized carbons (Fsp3) is 0.238. The van der Waals surface area contributed by atoms with Crippen LogP contribution < -0.4 is 14.8 Å². The van der Waals surface area contributed by atoms with Gasteiger partial charge in [-0.15, -0.1) is 0 Å². The Morgan fingerprint density at radius 2 is 1.89 bits per heavy atom. The molecule has 0 unspecified atom stereocenters. The van der Waals surface area contributed by atoms with Crippen molar-refractivity contribution in [1.82, 2.24) is 4.90 Å². The van der Waals surface area contributed by atoms with E-state index in [0.717, 1.165) is 11.1 Å². The molecule has 0 aliphatic carbocycles. The lowest BCUT2D eigenvalue weighted by Gasteiger charge is -2.32. The lowest BCUT2D eigenvalue weighted by molar-refractivity contribution is -0.129. The van der Waals surface area contributed by atoms with E-state index in [0.29, 0.717) is 17.2 Å². The van der Waals surface area contributed by atoms with Crippen LogP contribution in [0.1, 0.15) is 30.5 Å². The number of nitrogens with one attached hydrogen (secondary N) is 1. The Balaban J connectivity index is 1.82. The Kier molecular flexibility index (Phi) is 5.45. The number of hydrogen-bond donors (Lipinski definition) is 1. The highest BCUT2D eigenvalue weighted by atomic mass is 16.5. The molecule has 0 spiro atoms. The quantitative estimate of drug-likeness (QED) is 0.878. The maximum absolute atomic E-state index is 12.7. The zero-order chi connectivity index (χ0) is 19.4. The van der Waals surface area contributed by atoms with Crippen LogP contribution in [0.25, 0.3) is 6.08 Å². The van der Waals surface area contributed by atoms with Gasteiger partial charge in [0.15, 0.2) is 0 Å². The third-order valence-corrected chi connectivity index (χ3v) is 4.53. The van der Waals surface area contributed by atoms with E-state index in [4.69, 9.17) is 9.47 Å². The highest BCUT2D eigenvalue weighted by Gasteiger charge is 2.28. The van der Waals surface area contributed by atoms with Gasteiger partial charge in [-0.05, 0) is 29.3 Å². The molecule has 2 aromatic rings. The Labute approximate surface area is 158 Å². The SMILES string of the molecule is COc1ccc(NC(=O)C[C@H]2c3ccccc3C=CN2C(C)=O)c(OC)c1. The van der Waals surface area contributed by atoms with Crippen molar-refractivity contribution in [2.45, 2.75) is 19.4 Å². The van der Waals surface area contributed by atoms with Gasteiger partial charge >= 0.3 is 0 Å².